The van der Waals surface area contributed by atoms with Gasteiger partial charge >= 0.3 is 5.69 Å². The summed E-state index contributed by atoms with van der Waals surface area (Å²) in [5, 5.41) is 0. The maximum atomic E-state index is 12.2. The normalized spacial score (nSPS) is 10.6. The summed E-state index contributed by atoms with van der Waals surface area (Å²) >= 11 is 0. The zero-order valence-corrected chi connectivity index (χ0v) is 10.4. The van der Waals surface area contributed by atoms with Crippen LogP contribution in [0.4, 0.5) is 0 Å². The van der Waals surface area contributed by atoms with Crippen molar-refractivity contribution in [1.82, 2.24) is 15.0 Å². The average Bonchev–Trinajstić information content (AvgIpc) is 2.79. The summed E-state index contributed by atoms with van der Waals surface area (Å²) in [5.41, 5.74) is 1.98. The van der Waals surface area contributed by atoms with Gasteiger partial charge in [0.1, 0.15) is 11.4 Å². The van der Waals surface area contributed by atoms with E-state index in [1.54, 1.807) is 12.3 Å². The molecular weight excluding hydrogens is 230 g/mol. The summed E-state index contributed by atoms with van der Waals surface area (Å²) in [7, 11) is 0. The van der Waals surface area contributed by atoms with Crippen LogP contribution in [-0.4, -0.2) is 20.7 Å². The molecule has 5 nitrogen and oxygen atoms in total. The molecule has 0 saturated carbocycles. The van der Waals surface area contributed by atoms with Crippen LogP contribution >= 0.6 is 0 Å². The topological polar surface area (TPSA) is 78.6 Å². The van der Waals surface area contributed by atoms with Crippen LogP contribution in [0.3, 0.4) is 0 Å². The van der Waals surface area contributed by atoms with Gasteiger partial charge in [-0.2, -0.15) is 0 Å². The Morgan fingerprint density at radius 1 is 1.22 bits per heavy atom. The van der Waals surface area contributed by atoms with Gasteiger partial charge in [-0.1, -0.05) is 19.9 Å². The molecule has 0 amide bonds. The molecule has 94 valence electrons. The molecule has 18 heavy (non-hydrogen) atoms. The van der Waals surface area contributed by atoms with Gasteiger partial charge in [0.2, 0.25) is 5.78 Å². The third-order valence-corrected chi connectivity index (χ3v) is 2.85. The first-order valence-corrected chi connectivity index (χ1v) is 5.96. The van der Waals surface area contributed by atoms with Crippen molar-refractivity contribution < 1.29 is 4.79 Å². The minimum Gasteiger partial charge on any atom is -0.309 e. The lowest BCUT2D eigenvalue weighted by molar-refractivity contribution is 0.102. The van der Waals surface area contributed by atoms with Crippen LogP contribution < -0.4 is 5.69 Å². The number of aromatic amines is 2. The number of aryl methyl sites for hydroxylation is 2. The number of carbonyl (C=O) groups excluding carboxylic acids is 1. The Labute approximate surface area is 104 Å². The Hall–Kier alpha value is -2.17. The molecule has 0 radical (unpaired) electrons. The van der Waals surface area contributed by atoms with E-state index in [1.807, 2.05) is 19.9 Å². The Morgan fingerprint density at radius 3 is 2.56 bits per heavy atom. The number of hydrogen-bond donors (Lipinski definition) is 2. The van der Waals surface area contributed by atoms with Crippen LogP contribution in [0.25, 0.3) is 0 Å². The van der Waals surface area contributed by atoms with E-state index in [9.17, 15) is 9.59 Å². The maximum Gasteiger partial charge on any atom is 0.323 e. The van der Waals surface area contributed by atoms with E-state index in [-0.39, 0.29) is 11.5 Å². The van der Waals surface area contributed by atoms with Crippen molar-refractivity contribution in [2.24, 2.45) is 0 Å². The predicted octanol–water partition coefficient (Wildman–Crippen LogP) is 1.45. The highest BCUT2D eigenvalue weighted by Gasteiger charge is 2.17. The second kappa shape index (κ2) is 5.00. The smallest absolute Gasteiger partial charge is 0.309 e. The Bertz CT molecular complexity index is 608. The second-order valence-electron chi connectivity index (χ2n) is 4.02. The van der Waals surface area contributed by atoms with E-state index in [0.717, 1.165) is 12.0 Å². The number of nitrogens with one attached hydrogen (secondary N) is 2. The molecule has 0 atom stereocenters. The van der Waals surface area contributed by atoms with Gasteiger partial charge in [0.25, 0.3) is 0 Å². The molecule has 5 heteroatoms. The van der Waals surface area contributed by atoms with Crippen molar-refractivity contribution in [3.63, 3.8) is 0 Å². The number of imidazole rings is 1. The lowest BCUT2D eigenvalue weighted by Crippen LogP contribution is -2.09. The average molecular weight is 245 g/mol. The van der Waals surface area contributed by atoms with Crippen molar-refractivity contribution in [2.75, 3.05) is 0 Å². The molecule has 0 saturated heterocycles. The Kier molecular flexibility index (Phi) is 3.41. The van der Waals surface area contributed by atoms with Gasteiger partial charge in [0.05, 0.1) is 0 Å². The lowest BCUT2D eigenvalue weighted by Gasteiger charge is -2.01. The van der Waals surface area contributed by atoms with Crippen LogP contribution in [0.1, 0.15) is 41.3 Å². The van der Waals surface area contributed by atoms with E-state index in [1.165, 1.54) is 0 Å². The van der Waals surface area contributed by atoms with Gasteiger partial charge < -0.3 is 9.97 Å². The molecule has 0 aliphatic carbocycles. The summed E-state index contributed by atoms with van der Waals surface area (Å²) in [4.78, 5) is 32.7. The van der Waals surface area contributed by atoms with Gasteiger partial charge in [0, 0.05) is 11.9 Å². The number of nitrogens with zero attached hydrogens (tertiary/aromatic N) is 1. The van der Waals surface area contributed by atoms with Crippen molar-refractivity contribution in [3.8, 4) is 0 Å². The molecule has 0 aromatic carbocycles. The fraction of sp³-hybridized carbons (Fsp3) is 0.308. The fourth-order valence-corrected chi connectivity index (χ4v) is 1.77. The number of aromatic nitrogens is 3. The van der Waals surface area contributed by atoms with Gasteiger partial charge in [-0.25, -0.2) is 4.79 Å². The number of ketones is 1. The molecule has 0 unspecified atom stereocenters. The highest BCUT2D eigenvalue weighted by atomic mass is 16.1. The minimum atomic E-state index is -0.361. The number of rotatable bonds is 4. The van der Waals surface area contributed by atoms with E-state index in [0.29, 0.717) is 23.5 Å². The molecule has 0 fully saturated rings. The molecule has 0 bridgehead atoms. The van der Waals surface area contributed by atoms with E-state index >= 15 is 0 Å². The molecule has 2 heterocycles. The second-order valence-corrected chi connectivity index (χ2v) is 4.02. The van der Waals surface area contributed by atoms with Crippen molar-refractivity contribution >= 4 is 5.78 Å². The monoisotopic (exact) mass is 245 g/mol. The number of H-pyrrole nitrogens is 2. The van der Waals surface area contributed by atoms with Crippen molar-refractivity contribution in [1.29, 1.82) is 0 Å². The molecular formula is C13H15N3O2. The zero-order valence-electron chi connectivity index (χ0n) is 10.4. The molecule has 2 aromatic heterocycles. The van der Waals surface area contributed by atoms with E-state index < -0.39 is 0 Å². The molecule has 0 aliphatic heterocycles. The third kappa shape index (κ3) is 2.25. The van der Waals surface area contributed by atoms with Crippen LogP contribution in [0.15, 0.2) is 23.1 Å². The summed E-state index contributed by atoms with van der Waals surface area (Å²) < 4.78 is 0. The Balaban J connectivity index is 2.37. The summed E-state index contributed by atoms with van der Waals surface area (Å²) in [6.07, 6.45) is 3.15. The largest absolute Gasteiger partial charge is 0.323 e. The van der Waals surface area contributed by atoms with Crippen molar-refractivity contribution in [2.45, 2.75) is 26.7 Å². The van der Waals surface area contributed by atoms with Crippen molar-refractivity contribution in [3.05, 3.63) is 51.5 Å². The Morgan fingerprint density at radius 2 is 2.00 bits per heavy atom. The summed E-state index contributed by atoms with van der Waals surface area (Å²) in [5.74, 6) is -0.257. The first-order valence-electron chi connectivity index (χ1n) is 5.96. The molecule has 0 spiro atoms. The molecule has 0 aliphatic rings. The van der Waals surface area contributed by atoms with E-state index in [4.69, 9.17) is 0 Å². The minimum absolute atomic E-state index is 0.257. The molecule has 2 aromatic rings. The summed E-state index contributed by atoms with van der Waals surface area (Å²) in [6.45, 7) is 3.90. The quantitative estimate of drug-likeness (QED) is 0.800. The van der Waals surface area contributed by atoms with E-state index in [2.05, 4.69) is 15.0 Å². The molecule has 2 N–H and O–H groups in total. The zero-order chi connectivity index (χ0) is 13.1. The third-order valence-electron chi connectivity index (χ3n) is 2.85. The van der Waals surface area contributed by atoms with Gasteiger partial charge in [-0.05, 0) is 24.5 Å². The maximum absolute atomic E-state index is 12.2. The lowest BCUT2D eigenvalue weighted by atomic mass is 10.1. The fourth-order valence-electron chi connectivity index (χ4n) is 1.77. The predicted molar refractivity (Wildman–Crippen MR) is 67.8 cm³/mol. The highest BCUT2D eigenvalue weighted by molar-refractivity contribution is 6.07. The van der Waals surface area contributed by atoms with Crippen LogP contribution in [0, 0.1) is 0 Å². The first kappa shape index (κ1) is 12.3. The number of hydrogen-bond acceptors (Lipinski definition) is 3. The van der Waals surface area contributed by atoms with Gasteiger partial charge in [-0.15, -0.1) is 0 Å². The van der Waals surface area contributed by atoms with Crippen LogP contribution in [0.5, 0.6) is 0 Å². The van der Waals surface area contributed by atoms with Crippen LogP contribution in [-0.2, 0) is 12.8 Å². The standard InChI is InChI=1S/C13H15N3O2/c1-3-8-5-6-10(14-7-8)12(17)11-9(4-2)15-13(18)16-11/h5-7H,3-4H2,1-2H3,(H2,15,16,18). The number of carbonyl (C=O) groups is 1. The van der Waals surface area contributed by atoms with Crippen LogP contribution in [0.2, 0.25) is 0 Å². The number of pyridine rings is 1. The van der Waals surface area contributed by atoms with Gasteiger partial charge in [-0.3, -0.25) is 9.78 Å². The summed E-state index contributed by atoms with van der Waals surface area (Å²) in [6, 6.07) is 3.56. The molecule has 2 rings (SSSR count). The highest BCUT2D eigenvalue weighted by Crippen LogP contribution is 2.09. The SMILES string of the molecule is CCc1ccc(C(=O)c2[nH]c(=O)[nH]c2CC)nc1. The first-order chi connectivity index (χ1) is 8.65. The van der Waals surface area contributed by atoms with Gasteiger partial charge in [0.15, 0.2) is 0 Å².